The highest BCUT2D eigenvalue weighted by Gasteiger charge is 2.25. The lowest BCUT2D eigenvalue weighted by Crippen LogP contribution is -2.39. The van der Waals surface area contributed by atoms with Crippen molar-refractivity contribution in [1.29, 1.82) is 0 Å². The number of hydrogen-bond acceptors (Lipinski definition) is 6. The van der Waals surface area contributed by atoms with Crippen molar-refractivity contribution in [2.24, 2.45) is 0 Å². The van der Waals surface area contributed by atoms with Crippen LogP contribution in [0.1, 0.15) is 49.6 Å². The number of nitrogens with zero attached hydrogens (tertiary/aromatic N) is 2. The standard InChI is InChI=1S/C28H31N3O3S/c1-34-22-14-12-19(13-15-22)23-18-35-28-26(23)27(33)29-25(30-28)17-31(21-10-6-3-7-11-21)16-24(32)20-8-4-2-5-9-20/h2,4-5,8-9,12-15,18,21,24,32H,3,6-7,10-11,16-17H2,1H3,(H,29,30,33)/t24-/m0/s1. The van der Waals surface area contributed by atoms with Gasteiger partial charge in [0.1, 0.15) is 16.4 Å². The molecule has 7 heteroatoms. The first-order valence-corrected chi connectivity index (χ1v) is 13.1. The Morgan fingerprint density at radius 3 is 2.57 bits per heavy atom. The van der Waals surface area contributed by atoms with Crippen LogP contribution < -0.4 is 10.3 Å². The molecule has 2 heterocycles. The summed E-state index contributed by atoms with van der Waals surface area (Å²) in [5, 5.41) is 13.6. The van der Waals surface area contributed by atoms with E-state index in [0.29, 0.717) is 30.3 Å². The Morgan fingerprint density at radius 1 is 1.11 bits per heavy atom. The molecule has 1 saturated carbocycles. The number of aromatic amines is 1. The summed E-state index contributed by atoms with van der Waals surface area (Å²) in [6, 6.07) is 17.9. The summed E-state index contributed by atoms with van der Waals surface area (Å²) in [5.41, 5.74) is 2.64. The van der Waals surface area contributed by atoms with Crippen LogP contribution in [0, 0.1) is 0 Å². The molecule has 4 aromatic rings. The smallest absolute Gasteiger partial charge is 0.260 e. The highest BCUT2D eigenvalue weighted by molar-refractivity contribution is 7.17. The zero-order valence-corrected chi connectivity index (χ0v) is 20.8. The van der Waals surface area contributed by atoms with Crippen molar-refractivity contribution in [3.63, 3.8) is 0 Å². The molecule has 2 N–H and O–H groups in total. The molecule has 6 nitrogen and oxygen atoms in total. The SMILES string of the molecule is COc1ccc(-c2csc3nc(CN(C[C@H](O)c4ccccc4)C4CCCCC4)[nH]c(=O)c23)cc1. The van der Waals surface area contributed by atoms with Gasteiger partial charge in [-0.3, -0.25) is 9.69 Å². The van der Waals surface area contributed by atoms with E-state index in [-0.39, 0.29) is 5.56 Å². The maximum atomic E-state index is 13.2. The van der Waals surface area contributed by atoms with Gasteiger partial charge in [-0.05, 0) is 36.1 Å². The van der Waals surface area contributed by atoms with Gasteiger partial charge < -0.3 is 14.8 Å². The third kappa shape index (κ3) is 5.32. The summed E-state index contributed by atoms with van der Waals surface area (Å²) in [4.78, 5) is 24.1. The highest BCUT2D eigenvalue weighted by atomic mass is 32.1. The van der Waals surface area contributed by atoms with Crippen LogP contribution in [0.15, 0.2) is 64.8 Å². The third-order valence-electron chi connectivity index (χ3n) is 6.93. The molecule has 0 bridgehead atoms. The quantitative estimate of drug-likeness (QED) is 0.340. The van der Waals surface area contributed by atoms with Gasteiger partial charge in [0, 0.05) is 23.5 Å². The second-order valence-electron chi connectivity index (χ2n) is 9.22. The van der Waals surface area contributed by atoms with Crippen molar-refractivity contribution in [3.05, 3.63) is 81.7 Å². The second kappa shape index (κ2) is 10.7. The molecule has 1 atom stereocenters. The van der Waals surface area contributed by atoms with Crippen LogP contribution >= 0.6 is 11.3 Å². The molecule has 182 valence electrons. The molecule has 0 saturated heterocycles. The van der Waals surface area contributed by atoms with Crippen molar-refractivity contribution in [3.8, 4) is 16.9 Å². The van der Waals surface area contributed by atoms with Crippen LogP contribution in [0.4, 0.5) is 0 Å². The summed E-state index contributed by atoms with van der Waals surface area (Å²) in [6.07, 6.45) is 5.28. The van der Waals surface area contributed by atoms with Crippen molar-refractivity contribution in [2.45, 2.75) is 50.8 Å². The first-order valence-electron chi connectivity index (χ1n) is 12.2. The molecule has 0 spiro atoms. The highest BCUT2D eigenvalue weighted by Crippen LogP contribution is 2.32. The maximum absolute atomic E-state index is 13.2. The first kappa shape index (κ1) is 23.7. The van der Waals surface area contributed by atoms with Crippen LogP contribution in [-0.4, -0.2) is 39.7 Å². The number of aliphatic hydroxyl groups is 1. The maximum Gasteiger partial charge on any atom is 0.260 e. The predicted octanol–water partition coefficient (Wildman–Crippen LogP) is 5.53. The van der Waals surface area contributed by atoms with E-state index in [2.05, 4.69) is 9.88 Å². The summed E-state index contributed by atoms with van der Waals surface area (Å²) in [7, 11) is 1.64. The third-order valence-corrected chi connectivity index (χ3v) is 7.80. The van der Waals surface area contributed by atoms with E-state index in [9.17, 15) is 9.90 Å². The minimum absolute atomic E-state index is 0.121. The molecule has 1 aliphatic carbocycles. The molecule has 2 aromatic heterocycles. The fourth-order valence-electron chi connectivity index (χ4n) is 5.04. The van der Waals surface area contributed by atoms with Crippen molar-refractivity contribution < 1.29 is 9.84 Å². The largest absolute Gasteiger partial charge is 0.497 e. The number of nitrogens with one attached hydrogen (secondary N) is 1. The number of aromatic nitrogens is 2. The second-order valence-corrected chi connectivity index (χ2v) is 10.1. The van der Waals surface area contributed by atoms with Gasteiger partial charge in [0.05, 0.1) is 25.1 Å². The van der Waals surface area contributed by atoms with E-state index >= 15 is 0 Å². The number of hydrogen-bond donors (Lipinski definition) is 2. The summed E-state index contributed by atoms with van der Waals surface area (Å²) in [6.45, 7) is 1.02. The van der Waals surface area contributed by atoms with Gasteiger partial charge >= 0.3 is 0 Å². The molecule has 0 radical (unpaired) electrons. The summed E-state index contributed by atoms with van der Waals surface area (Å²) < 4.78 is 5.26. The van der Waals surface area contributed by atoms with E-state index in [0.717, 1.165) is 40.1 Å². The molecule has 0 amide bonds. The van der Waals surface area contributed by atoms with E-state index in [1.54, 1.807) is 7.11 Å². The molecular formula is C28H31N3O3S. The van der Waals surface area contributed by atoms with Gasteiger partial charge in [0.15, 0.2) is 0 Å². The monoisotopic (exact) mass is 489 g/mol. The molecular weight excluding hydrogens is 458 g/mol. The topological polar surface area (TPSA) is 78.5 Å². The minimum Gasteiger partial charge on any atom is -0.497 e. The number of methoxy groups -OCH3 is 1. The fourth-order valence-corrected chi connectivity index (χ4v) is 6.00. The summed E-state index contributed by atoms with van der Waals surface area (Å²) in [5.74, 6) is 1.43. The number of fused-ring (bicyclic) bond motifs is 1. The van der Waals surface area contributed by atoms with Gasteiger partial charge in [-0.15, -0.1) is 11.3 Å². The van der Waals surface area contributed by atoms with Crippen molar-refractivity contribution in [1.82, 2.24) is 14.9 Å². The number of H-pyrrole nitrogens is 1. The lowest BCUT2D eigenvalue weighted by molar-refractivity contribution is 0.0657. The molecule has 0 unspecified atom stereocenters. The van der Waals surface area contributed by atoms with Gasteiger partial charge in [-0.1, -0.05) is 61.7 Å². The van der Waals surface area contributed by atoms with Crippen LogP contribution in [0.3, 0.4) is 0 Å². The Labute approximate surface area is 209 Å². The summed E-state index contributed by atoms with van der Waals surface area (Å²) >= 11 is 1.49. The Balaban J connectivity index is 1.42. The average molecular weight is 490 g/mol. The van der Waals surface area contributed by atoms with Gasteiger partial charge in [0.2, 0.25) is 0 Å². The fraction of sp³-hybridized carbons (Fsp3) is 0.357. The minimum atomic E-state index is -0.586. The first-order chi connectivity index (χ1) is 17.1. The van der Waals surface area contributed by atoms with Gasteiger partial charge in [-0.25, -0.2) is 4.98 Å². The Hall–Kier alpha value is -3.00. The van der Waals surface area contributed by atoms with Crippen molar-refractivity contribution >= 4 is 21.6 Å². The predicted molar refractivity (Wildman–Crippen MR) is 141 cm³/mol. The van der Waals surface area contributed by atoms with E-state index in [1.807, 2.05) is 60.0 Å². The lowest BCUT2D eigenvalue weighted by atomic mass is 9.93. The van der Waals surface area contributed by atoms with E-state index < -0.39 is 6.10 Å². The number of rotatable bonds is 8. The van der Waals surface area contributed by atoms with Gasteiger partial charge in [-0.2, -0.15) is 0 Å². The zero-order chi connectivity index (χ0) is 24.2. The molecule has 2 aromatic carbocycles. The van der Waals surface area contributed by atoms with Crippen molar-refractivity contribution in [2.75, 3.05) is 13.7 Å². The van der Waals surface area contributed by atoms with E-state index in [1.165, 1.54) is 30.6 Å². The Kier molecular flexibility index (Phi) is 7.27. The lowest BCUT2D eigenvalue weighted by Gasteiger charge is -2.35. The van der Waals surface area contributed by atoms with Crippen LogP contribution in [0.5, 0.6) is 5.75 Å². The number of benzene rings is 2. The van der Waals surface area contributed by atoms with Gasteiger partial charge in [0.25, 0.3) is 5.56 Å². The number of ether oxygens (including phenoxy) is 1. The van der Waals surface area contributed by atoms with Crippen LogP contribution in [0.2, 0.25) is 0 Å². The molecule has 1 aliphatic rings. The Morgan fingerprint density at radius 2 is 1.86 bits per heavy atom. The molecule has 35 heavy (non-hydrogen) atoms. The van der Waals surface area contributed by atoms with E-state index in [4.69, 9.17) is 9.72 Å². The zero-order valence-electron chi connectivity index (χ0n) is 19.9. The van der Waals surface area contributed by atoms with Crippen LogP contribution in [-0.2, 0) is 6.54 Å². The molecule has 1 fully saturated rings. The molecule has 0 aliphatic heterocycles. The normalized spacial score (nSPS) is 15.5. The van der Waals surface area contributed by atoms with Crippen LogP contribution in [0.25, 0.3) is 21.3 Å². The molecule has 5 rings (SSSR count). The Bertz CT molecular complexity index is 1310. The number of thiophene rings is 1. The average Bonchev–Trinajstić information content (AvgIpc) is 3.34. The number of aliphatic hydroxyl groups excluding tert-OH is 1.